The first-order valence-electron chi connectivity index (χ1n) is 4.15. The largest absolute Gasteiger partial charge is 0.297 e. The molecule has 0 aromatic carbocycles. The maximum absolute atomic E-state index is 11.4. The van der Waals surface area contributed by atoms with Gasteiger partial charge in [-0.2, -0.15) is 5.26 Å². The second-order valence-electron chi connectivity index (χ2n) is 2.83. The molecule has 0 fully saturated rings. The summed E-state index contributed by atoms with van der Waals surface area (Å²) in [5.41, 5.74) is 1.18. The van der Waals surface area contributed by atoms with Crippen LogP contribution in [-0.4, -0.2) is 15.2 Å². The van der Waals surface area contributed by atoms with E-state index in [1.165, 1.54) is 6.20 Å². The molecule has 4 nitrogen and oxygen atoms in total. The Kier molecular flexibility index (Phi) is 1.99. The maximum atomic E-state index is 11.4. The van der Waals surface area contributed by atoms with Crippen LogP contribution in [0.3, 0.4) is 0 Å². The SMILES string of the molecule is N#CCC(=O)c1cnc2ccccn12. The summed E-state index contributed by atoms with van der Waals surface area (Å²) in [5.74, 6) is -0.203. The third-order valence-corrected chi connectivity index (χ3v) is 1.94. The van der Waals surface area contributed by atoms with Crippen LogP contribution in [0.1, 0.15) is 16.9 Å². The van der Waals surface area contributed by atoms with E-state index >= 15 is 0 Å². The molecule has 0 aliphatic carbocycles. The molecule has 0 radical (unpaired) electrons. The average molecular weight is 185 g/mol. The van der Waals surface area contributed by atoms with Crippen LogP contribution in [0.25, 0.3) is 5.65 Å². The molecule has 0 saturated carbocycles. The monoisotopic (exact) mass is 185 g/mol. The van der Waals surface area contributed by atoms with Gasteiger partial charge >= 0.3 is 0 Å². The lowest BCUT2D eigenvalue weighted by atomic mass is 10.2. The van der Waals surface area contributed by atoms with Crippen LogP contribution >= 0.6 is 0 Å². The van der Waals surface area contributed by atoms with Crippen LogP contribution in [-0.2, 0) is 0 Å². The lowest BCUT2D eigenvalue weighted by molar-refractivity contribution is 0.0992. The predicted octanol–water partition coefficient (Wildman–Crippen LogP) is 1.43. The first kappa shape index (κ1) is 8.45. The van der Waals surface area contributed by atoms with E-state index in [4.69, 9.17) is 5.26 Å². The normalized spacial score (nSPS) is 9.93. The third-order valence-electron chi connectivity index (χ3n) is 1.94. The minimum Gasteiger partial charge on any atom is -0.297 e. The van der Waals surface area contributed by atoms with Gasteiger partial charge < -0.3 is 0 Å². The topological polar surface area (TPSA) is 58.2 Å². The van der Waals surface area contributed by atoms with Gasteiger partial charge in [-0.1, -0.05) is 6.07 Å². The van der Waals surface area contributed by atoms with E-state index in [0.29, 0.717) is 11.3 Å². The molecule has 0 spiro atoms. The maximum Gasteiger partial charge on any atom is 0.195 e. The van der Waals surface area contributed by atoms with Crippen molar-refractivity contribution < 1.29 is 4.79 Å². The Morgan fingerprint density at radius 2 is 2.43 bits per heavy atom. The lowest BCUT2D eigenvalue weighted by Crippen LogP contribution is -2.01. The van der Waals surface area contributed by atoms with Crippen LogP contribution in [0.15, 0.2) is 30.6 Å². The van der Waals surface area contributed by atoms with E-state index in [1.807, 2.05) is 24.3 Å². The molecule has 0 amide bonds. The van der Waals surface area contributed by atoms with Gasteiger partial charge in [0.05, 0.1) is 12.3 Å². The fourth-order valence-electron chi connectivity index (χ4n) is 1.30. The Hall–Kier alpha value is -2.15. The first-order chi connectivity index (χ1) is 6.83. The number of imidazole rings is 1. The van der Waals surface area contributed by atoms with E-state index in [1.54, 1.807) is 10.6 Å². The highest BCUT2D eigenvalue weighted by atomic mass is 16.1. The summed E-state index contributed by atoms with van der Waals surface area (Å²) < 4.78 is 1.68. The van der Waals surface area contributed by atoms with Crippen molar-refractivity contribution in [3.8, 4) is 6.07 Å². The number of carbonyl (C=O) groups excluding carboxylic acids is 1. The van der Waals surface area contributed by atoms with Crippen molar-refractivity contribution in [3.63, 3.8) is 0 Å². The zero-order valence-corrected chi connectivity index (χ0v) is 7.34. The van der Waals surface area contributed by atoms with Crippen LogP contribution < -0.4 is 0 Å². The summed E-state index contributed by atoms with van der Waals surface area (Å²) in [6, 6.07) is 7.30. The molecule has 0 saturated heterocycles. The molecular weight excluding hydrogens is 178 g/mol. The number of ketones is 1. The highest BCUT2D eigenvalue weighted by Crippen LogP contribution is 2.07. The van der Waals surface area contributed by atoms with Gasteiger partial charge in [-0.25, -0.2) is 4.98 Å². The first-order valence-corrected chi connectivity index (χ1v) is 4.15. The summed E-state index contributed by atoms with van der Waals surface area (Å²) >= 11 is 0. The van der Waals surface area contributed by atoms with Crippen LogP contribution in [0.4, 0.5) is 0 Å². The molecule has 0 atom stereocenters. The van der Waals surface area contributed by atoms with Gasteiger partial charge in [0.25, 0.3) is 0 Å². The number of nitriles is 1. The number of nitrogens with zero attached hydrogens (tertiary/aromatic N) is 3. The van der Waals surface area contributed by atoms with Gasteiger partial charge in [0.15, 0.2) is 5.78 Å². The molecule has 2 aromatic rings. The summed E-state index contributed by atoms with van der Waals surface area (Å²) in [6.45, 7) is 0. The third kappa shape index (κ3) is 1.25. The molecule has 0 aliphatic heterocycles. The number of aromatic nitrogens is 2. The van der Waals surface area contributed by atoms with E-state index in [2.05, 4.69) is 4.98 Å². The lowest BCUT2D eigenvalue weighted by Gasteiger charge is -1.96. The van der Waals surface area contributed by atoms with Gasteiger partial charge in [-0.15, -0.1) is 0 Å². The molecule has 0 aliphatic rings. The molecule has 68 valence electrons. The van der Waals surface area contributed by atoms with Crippen molar-refractivity contribution >= 4 is 11.4 Å². The van der Waals surface area contributed by atoms with E-state index in [0.717, 1.165) is 0 Å². The second kappa shape index (κ2) is 3.30. The quantitative estimate of drug-likeness (QED) is 0.665. The summed E-state index contributed by atoms with van der Waals surface area (Å²) in [7, 11) is 0. The van der Waals surface area contributed by atoms with Crippen molar-refractivity contribution in [2.75, 3.05) is 0 Å². The van der Waals surface area contributed by atoms with Crippen molar-refractivity contribution in [2.24, 2.45) is 0 Å². The zero-order valence-electron chi connectivity index (χ0n) is 7.34. The van der Waals surface area contributed by atoms with Crippen LogP contribution in [0.5, 0.6) is 0 Å². The van der Waals surface area contributed by atoms with E-state index in [-0.39, 0.29) is 12.2 Å². The fourth-order valence-corrected chi connectivity index (χ4v) is 1.30. The average Bonchev–Trinajstić information content (AvgIpc) is 2.61. The van der Waals surface area contributed by atoms with Gasteiger partial charge in [-0.05, 0) is 12.1 Å². The van der Waals surface area contributed by atoms with E-state index < -0.39 is 0 Å². The summed E-state index contributed by atoms with van der Waals surface area (Å²) in [5, 5.41) is 8.41. The molecule has 2 rings (SSSR count). The van der Waals surface area contributed by atoms with Gasteiger partial charge in [0.1, 0.15) is 17.8 Å². The molecule has 14 heavy (non-hydrogen) atoms. The fraction of sp³-hybridized carbons (Fsp3) is 0.100. The van der Waals surface area contributed by atoms with Crippen LogP contribution in [0.2, 0.25) is 0 Å². The standard InChI is InChI=1S/C10H7N3O/c11-5-4-9(14)8-7-12-10-3-1-2-6-13(8)10/h1-3,6-7H,4H2. The number of hydrogen-bond donors (Lipinski definition) is 0. The van der Waals surface area contributed by atoms with Crippen molar-refractivity contribution in [2.45, 2.75) is 6.42 Å². The minimum absolute atomic E-state index is 0.108. The molecule has 2 aromatic heterocycles. The number of carbonyl (C=O) groups is 1. The molecule has 2 heterocycles. The number of rotatable bonds is 2. The Balaban J connectivity index is 2.54. The predicted molar refractivity (Wildman–Crippen MR) is 49.8 cm³/mol. The number of Topliss-reactive ketones (excluding diaryl/α,β-unsaturated/α-hetero) is 1. The van der Waals surface area contributed by atoms with E-state index in [9.17, 15) is 4.79 Å². The number of fused-ring (bicyclic) bond motifs is 1. The smallest absolute Gasteiger partial charge is 0.195 e. The Morgan fingerprint density at radius 3 is 3.21 bits per heavy atom. The Morgan fingerprint density at radius 1 is 1.57 bits per heavy atom. The van der Waals surface area contributed by atoms with Crippen molar-refractivity contribution in [3.05, 3.63) is 36.3 Å². The number of pyridine rings is 1. The Labute approximate surface area is 80.4 Å². The highest BCUT2D eigenvalue weighted by Gasteiger charge is 2.10. The highest BCUT2D eigenvalue weighted by molar-refractivity contribution is 5.96. The van der Waals surface area contributed by atoms with Gasteiger partial charge in [0.2, 0.25) is 0 Å². The Bertz CT molecular complexity index is 521. The zero-order chi connectivity index (χ0) is 9.97. The minimum atomic E-state index is -0.203. The van der Waals surface area contributed by atoms with Gasteiger partial charge in [0, 0.05) is 6.20 Å². The molecule has 0 bridgehead atoms. The van der Waals surface area contributed by atoms with Crippen molar-refractivity contribution in [1.82, 2.24) is 9.38 Å². The molecule has 0 unspecified atom stereocenters. The number of hydrogen-bond acceptors (Lipinski definition) is 3. The second-order valence-corrected chi connectivity index (χ2v) is 2.83. The van der Waals surface area contributed by atoms with Crippen LogP contribution in [0, 0.1) is 11.3 Å². The van der Waals surface area contributed by atoms with Gasteiger partial charge in [-0.3, -0.25) is 9.20 Å². The summed E-state index contributed by atoms with van der Waals surface area (Å²) in [4.78, 5) is 15.5. The molecule has 4 heteroatoms. The molecule has 0 N–H and O–H groups in total. The van der Waals surface area contributed by atoms with Crippen molar-refractivity contribution in [1.29, 1.82) is 5.26 Å². The molecular formula is C10H7N3O. The summed E-state index contributed by atoms with van der Waals surface area (Å²) in [6.07, 6.45) is 3.14.